The Morgan fingerprint density at radius 2 is 1.91 bits per heavy atom. The van der Waals surface area contributed by atoms with Crippen LogP contribution >= 0.6 is 11.3 Å². The first-order valence-corrected chi connectivity index (χ1v) is 8.07. The van der Waals surface area contributed by atoms with Gasteiger partial charge in [0.2, 0.25) is 5.78 Å². The van der Waals surface area contributed by atoms with Gasteiger partial charge in [0.25, 0.3) is 5.91 Å². The molecule has 0 saturated carbocycles. The number of amides is 1. The van der Waals surface area contributed by atoms with Gasteiger partial charge in [-0.15, -0.1) is 11.3 Å². The van der Waals surface area contributed by atoms with Crippen molar-refractivity contribution >= 4 is 23.0 Å². The first-order chi connectivity index (χ1) is 10.6. The third-order valence-corrected chi connectivity index (χ3v) is 4.26. The number of ketones is 1. The van der Waals surface area contributed by atoms with Gasteiger partial charge in [0.05, 0.1) is 10.4 Å². The Balaban J connectivity index is 2.14. The lowest BCUT2D eigenvalue weighted by Crippen LogP contribution is -2.30. The Morgan fingerprint density at radius 3 is 2.55 bits per heavy atom. The third-order valence-electron chi connectivity index (χ3n) is 3.39. The maximum atomic E-state index is 12.5. The molecule has 0 aliphatic rings. The van der Waals surface area contributed by atoms with Crippen molar-refractivity contribution in [2.24, 2.45) is 5.92 Å². The van der Waals surface area contributed by atoms with Crippen molar-refractivity contribution in [3.8, 4) is 0 Å². The Bertz CT molecular complexity index is 637. The maximum Gasteiger partial charge on any atom is 0.252 e. The van der Waals surface area contributed by atoms with E-state index < -0.39 is 0 Å². The van der Waals surface area contributed by atoms with E-state index in [0.717, 1.165) is 0 Å². The fraction of sp³-hybridized carbons (Fsp3) is 0.294. The van der Waals surface area contributed by atoms with Crippen LogP contribution in [0.1, 0.15) is 38.9 Å². The lowest BCUT2D eigenvalue weighted by atomic mass is 10.0. The number of carbonyl (C=O) groups excluding carboxylic acids is 2. The normalized spacial score (nSPS) is 11.9. The maximum absolute atomic E-state index is 12.5. The van der Waals surface area contributed by atoms with Crippen LogP contribution in [0, 0.1) is 5.92 Å². The molecular weight excluding hydrogens is 298 g/mol. The van der Waals surface area contributed by atoms with Gasteiger partial charge in [0, 0.05) is 18.7 Å². The molecule has 2 N–H and O–H groups in total. The first kappa shape index (κ1) is 16.4. The fourth-order valence-corrected chi connectivity index (χ4v) is 2.78. The van der Waals surface area contributed by atoms with E-state index in [-0.39, 0.29) is 24.2 Å². The summed E-state index contributed by atoms with van der Waals surface area (Å²) in [6.45, 7) is 2.53. The summed E-state index contributed by atoms with van der Waals surface area (Å²) in [5, 5.41) is 13.6. The van der Waals surface area contributed by atoms with Crippen molar-refractivity contribution < 1.29 is 14.7 Å². The SMILES string of the molecule is CC(CCO)CNC(=O)c1ccccc1C(=O)c1cccs1. The van der Waals surface area contributed by atoms with Gasteiger partial charge in [-0.2, -0.15) is 0 Å². The molecule has 1 unspecified atom stereocenters. The van der Waals surface area contributed by atoms with Crippen LogP contribution in [0.15, 0.2) is 41.8 Å². The van der Waals surface area contributed by atoms with Gasteiger partial charge in [-0.25, -0.2) is 0 Å². The van der Waals surface area contributed by atoms with Crippen molar-refractivity contribution in [2.75, 3.05) is 13.2 Å². The van der Waals surface area contributed by atoms with Crippen LogP contribution in [0.4, 0.5) is 0 Å². The average molecular weight is 317 g/mol. The van der Waals surface area contributed by atoms with E-state index in [0.29, 0.717) is 29.0 Å². The van der Waals surface area contributed by atoms with Gasteiger partial charge in [-0.1, -0.05) is 31.2 Å². The highest BCUT2D eigenvalue weighted by Gasteiger charge is 2.18. The van der Waals surface area contributed by atoms with E-state index in [1.165, 1.54) is 11.3 Å². The van der Waals surface area contributed by atoms with E-state index in [9.17, 15) is 9.59 Å². The summed E-state index contributed by atoms with van der Waals surface area (Å²) >= 11 is 1.36. The summed E-state index contributed by atoms with van der Waals surface area (Å²) in [4.78, 5) is 25.4. The van der Waals surface area contributed by atoms with E-state index in [1.807, 2.05) is 18.4 Å². The molecule has 22 heavy (non-hydrogen) atoms. The number of carbonyl (C=O) groups is 2. The highest BCUT2D eigenvalue weighted by Crippen LogP contribution is 2.18. The Labute approximate surface area is 133 Å². The number of hydrogen-bond donors (Lipinski definition) is 2. The molecule has 0 bridgehead atoms. The number of aliphatic hydroxyl groups is 1. The van der Waals surface area contributed by atoms with E-state index in [1.54, 1.807) is 30.3 Å². The third kappa shape index (κ3) is 4.02. The van der Waals surface area contributed by atoms with Crippen molar-refractivity contribution in [3.63, 3.8) is 0 Å². The summed E-state index contributed by atoms with van der Waals surface area (Å²) in [6.07, 6.45) is 0.635. The molecule has 1 atom stereocenters. The van der Waals surface area contributed by atoms with Crippen LogP contribution < -0.4 is 5.32 Å². The highest BCUT2D eigenvalue weighted by atomic mass is 32.1. The van der Waals surface area contributed by atoms with Crippen molar-refractivity contribution in [1.29, 1.82) is 0 Å². The van der Waals surface area contributed by atoms with Crippen LogP contribution in [-0.4, -0.2) is 29.9 Å². The van der Waals surface area contributed by atoms with Gasteiger partial charge in [-0.05, 0) is 29.9 Å². The summed E-state index contributed by atoms with van der Waals surface area (Å²) in [7, 11) is 0. The predicted octanol–water partition coefficient (Wildman–Crippen LogP) is 2.73. The van der Waals surface area contributed by atoms with Crippen LogP contribution in [0.5, 0.6) is 0 Å². The van der Waals surface area contributed by atoms with E-state index in [4.69, 9.17) is 5.11 Å². The van der Waals surface area contributed by atoms with E-state index in [2.05, 4.69) is 5.32 Å². The minimum absolute atomic E-state index is 0.102. The topological polar surface area (TPSA) is 66.4 Å². The van der Waals surface area contributed by atoms with Gasteiger partial charge in [-0.3, -0.25) is 9.59 Å². The summed E-state index contributed by atoms with van der Waals surface area (Å²) < 4.78 is 0. The molecule has 4 nitrogen and oxygen atoms in total. The largest absolute Gasteiger partial charge is 0.396 e. The first-order valence-electron chi connectivity index (χ1n) is 7.19. The zero-order valence-corrected chi connectivity index (χ0v) is 13.2. The van der Waals surface area contributed by atoms with Crippen LogP contribution in [0.3, 0.4) is 0 Å². The van der Waals surface area contributed by atoms with Gasteiger partial charge < -0.3 is 10.4 Å². The average Bonchev–Trinajstić information content (AvgIpc) is 3.06. The zero-order chi connectivity index (χ0) is 15.9. The van der Waals surface area contributed by atoms with Gasteiger partial charge in [0.1, 0.15) is 0 Å². The standard InChI is InChI=1S/C17H19NO3S/c1-12(8-9-19)11-18-17(21)14-6-3-2-5-13(14)16(20)15-7-4-10-22-15/h2-7,10,12,19H,8-9,11H2,1H3,(H,18,21). The summed E-state index contributed by atoms with van der Waals surface area (Å²) in [5.41, 5.74) is 0.800. The minimum atomic E-state index is -0.259. The highest BCUT2D eigenvalue weighted by molar-refractivity contribution is 7.12. The molecule has 1 heterocycles. The van der Waals surface area contributed by atoms with E-state index >= 15 is 0 Å². The van der Waals surface area contributed by atoms with Crippen molar-refractivity contribution in [2.45, 2.75) is 13.3 Å². The fourth-order valence-electron chi connectivity index (χ4n) is 2.10. The lowest BCUT2D eigenvalue weighted by Gasteiger charge is -2.12. The van der Waals surface area contributed by atoms with Crippen LogP contribution in [0.25, 0.3) is 0 Å². The number of benzene rings is 1. The Hall–Kier alpha value is -1.98. The molecule has 2 aromatic rings. The molecule has 116 valence electrons. The van der Waals surface area contributed by atoms with Gasteiger partial charge in [0.15, 0.2) is 0 Å². The smallest absolute Gasteiger partial charge is 0.252 e. The summed E-state index contributed by atoms with van der Waals surface area (Å²) in [5.74, 6) is -0.205. The predicted molar refractivity (Wildman–Crippen MR) is 87.4 cm³/mol. The zero-order valence-electron chi connectivity index (χ0n) is 12.4. The van der Waals surface area contributed by atoms with Crippen molar-refractivity contribution in [3.05, 3.63) is 57.8 Å². The minimum Gasteiger partial charge on any atom is -0.396 e. The molecule has 0 spiro atoms. The quantitative estimate of drug-likeness (QED) is 0.772. The number of nitrogens with one attached hydrogen (secondary N) is 1. The molecule has 2 rings (SSSR count). The molecule has 0 radical (unpaired) electrons. The van der Waals surface area contributed by atoms with Gasteiger partial charge >= 0.3 is 0 Å². The second kappa shape index (κ2) is 7.87. The number of aliphatic hydroxyl groups excluding tert-OH is 1. The van der Waals surface area contributed by atoms with Crippen LogP contribution in [-0.2, 0) is 0 Å². The molecule has 0 aliphatic heterocycles. The summed E-state index contributed by atoms with van der Waals surface area (Å²) in [6, 6.07) is 10.4. The number of hydrogen-bond acceptors (Lipinski definition) is 4. The molecule has 0 saturated heterocycles. The molecule has 0 fully saturated rings. The molecular formula is C17H19NO3S. The molecule has 1 aromatic carbocycles. The molecule has 1 aromatic heterocycles. The monoisotopic (exact) mass is 317 g/mol. The van der Waals surface area contributed by atoms with Crippen LogP contribution in [0.2, 0.25) is 0 Å². The van der Waals surface area contributed by atoms with Crippen molar-refractivity contribution in [1.82, 2.24) is 5.32 Å². The lowest BCUT2D eigenvalue weighted by molar-refractivity contribution is 0.0935. The number of thiophene rings is 1. The molecule has 5 heteroatoms. The Kier molecular flexibility index (Phi) is 5.86. The number of rotatable bonds is 7. The second-order valence-electron chi connectivity index (χ2n) is 5.18. The molecule has 1 amide bonds. The Morgan fingerprint density at radius 1 is 1.18 bits per heavy atom. The second-order valence-corrected chi connectivity index (χ2v) is 6.13. The molecule has 0 aliphatic carbocycles.